The lowest BCUT2D eigenvalue weighted by atomic mass is 10.2. The number of carbonyl (C=O) groups is 1. The molecule has 23 heavy (non-hydrogen) atoms. The number of rotatable bonds is 5. The Labute approximate surface area is 137 Å². The van der Waals surface area contributed by atoms with Crippen molar-refractivity contribution in [1.29, 1.82) is 0 Å². The summed E-state index contributed by atoms with van der Waals surface area (Å²) in [6.45, 7) is 5.97. The summed E-state index contributed by atoms with van der Waals surface area (Å²) in [7, 11) is 2.10. The third kappa shape index (κ3) is 4.91. The van der Waals surface area contributed by atoms with Crippen molar-refractivity contribution in [2.45, 2.75) is 25.9 Å². The van der Waals surface area contributed by atoms with Gasteiger partial charge in [-0.15, -0.1) is 0 Å². The van der Waals surface area contributed by atoms with Gasteiger partial charge in [-0.05, 0) is 44.9 Å². The normalized spacial score (nSPS) is 21.9. The largest absolute Gasteiger partial charge is 0.374 e. The van der Waals surface area contributed by atoms with Crippen molar-refractivity contribution in [3.05, 3.63) is 24.0 Å². The second-order valence-electron chi connectivity index (χ2n) is 6.72. The number of nitrogens with zero attached hydrogens (tertiary/aromatic N) is 3. The van der Waals surface area contributed by atoms with Crippen LogP contribution in [0.2, 0.25) is 0 Å². The Morgan fingerprint density at radius 3 is 3.00 bits per heavy atom. The predicted molar refractivity (Wildman–Crippen MR) is 89.5 cm³/mol. The van der Waals surface area contributed by atoms with Crippen LogP contribution in [0, 0.1) is 12.8 Å². The number of urea groups is 1. The maximum Gasteiger partial charge on any atom is 0.321 e. The third-order valence-electron chi connectivity index (χ3n) is 4.38. The van der Waals surface area contributed by atoms with Crippen LogP contribution in [0.3, 0.4) is 0 Å². The Morgan fingerprint density at radius 1 is 1.48 bits per heavy atom. The van der Waals surface area contributed by atoms with Crippen molar-refractivity contribution in [3.63, 3.8) is 0 Å². The highest BCUT2D eigenvalue weighted by Gasteiger charge is 2.29. The van der Waals surface area contributed by atoms with Gasteiger partial charge in [0.2, 0.25) is 0 Å². The maximum atomic E-state index is 12.7. The zero-order chi connectivity index (χ0) is 16.2. The summed E-state index contributed by atoms with van der Waals surface area (Å²) in [6, 6.07) is 3.67. The van der Waals surface area contributed by atoms with Gasteiger partial charge in [0.05, 0.1) is 12.7 Å². The van der Waals surface area contributed by atoms with E-state index in [-0.39, 0.29) is 12.1 Å². The van der Waals surface area contributed by atoms with E-state index in [1.165, 1.54) is 12.8 Å². The van der Waals surface area contributed by atoms with Gasteiger partial charge in [0.25, 0.3) is 0 Å². The maximum absolute atomic E-state index is 12.7. The summed E-state index contributed by atoms with van der Waals surface area (Å²) in [6.07, 6.45) is 4.26. The van der Waals surface area contributed by atoms with Crippen LogP contribution in [0.15, 0.2) is 18.3 Å². The van der Waals surface area contributed by atoms with Gasteiger partial charge in [0, 0.05) is 43.8 Å². The molecule has 1 aliphatic heterocycles. The molecule has 1 N–H and O–H groups in total. The van der Waals surface area contributed by atoms with Crippen LogP contribution in [0.1, 0.15) is 18.5 Å². The lowest BCUT2D eigenvalue weighted by molar-refractivity contribution is -0.0302. The van der Waals surface area contributed by atoms with Crippen molar-refractivity contribution in [2.75, 3.05) is 45.2 Å². The molecule has 3 rings (SSSR count). The Bertz CT molecular complexity index is 547. The van der Waals surface area contributed by atoms with E-state index < -0.39 is 0 Å². The lowest BCUT2D eigenvalue weighted by Crippen LogP contribution is -2.49. The number of nitrogens with one attached hydrogen (secondary N) is 1. The Morgan fingerprint density at radius 2 is 2.30 bits per heavy atom. The number of pyridine rings is 1. The van der Waals surface area contributed by atoms with Gasteiger partial charge >= 0.3 is 6.03 Å². The van der Waals surface area contributed by atoms with E-state index in [1.54, 1.807) is 6.20 Å². The van der Waals surface area contributed by atoms with Gasteiger partial charge in [0.1, 0.15) is 0 Å². The van der Waals surface area contributed by atoms with Crippen molar-refractivity contribution in [2.24, 2.45) is 5.92 Å². The molecule has 126 valence electrons. The molecule has 1 aromatic rings. The topological polar surface area (TPSA) is 57.7 Å². The molecule has 2 amide bonds. The molecule has 1 saturated heterocycles. The van der Waals surface area contributed by atoms with Crippen molar-refractivity contribution >= 4 is 11.7 Å². The molecule has 0 radical (unpaired) electrons. The molecule has 1 aliphatic carbocycles. The second kappa shape index (κ2) is 7.27. The SMILES string of the molecule is Cc1cc(NC(=O)N(CC2CC2)C[C@H]2CN(C)CCO2)ccn1. The average Bonchev–Trinajstić information content (AvgIpc) is 3.31. The number of morpholine rings is 1. The molecule has 2 heterocycles. The number of carbonyl (C=O) groups excluding carboxylic acids is 1. The van der Waals surface area contributed by atoms with E-state index in [0.29, 0.717) is 12.5 Å². The zero-order valence-electron chi connectivity index (χ0n) is 14.0. The smallest absolute Gasteiger partial charge is 0.321 e. The molecular weight excluding hydrogens is 292 g/mol. The van der Waals surface area contributed by atoms with Crippen LogP contribution in [0.4, 0.5) is 10.5 Å². The molecule has 0 spiro atoms. The van der Waals surface area contributed by atoms with Gasteiger partial charge in [-0.2, -0.15) is 0 Å². The summed E-state index contributed by atoms with van der Waals surface area (Å²) in [5, 5.41) is 2.99. The highest BCUT2D eigenvalue weighted by atomic mass is 16.5. The highest BCUT2D eigenvalue weighted by Crippen LogP contribution is 2.30. The van der Waals surface area contributed by atoms with Gasteiger partial charge in [-0.3, -0.25) is 4.98 Å². The van der Waals surface area contributed by atoms with Crippen molar-refractivity contribution in [3.8, 4) is 0 Å². The molecule has 2 fully saturated rings. The van der Waals surface area contributed by atoms with Gasteiger partial charge in [-0.25, -0.2) is 4.79 Å². The number of aromatic nitrogens is 1. The van der Waals surface area contributed by atoms with Gasteiger partial charge in [0.15, 0.2) is 0 Å². The van der Waals surface area contributed by atoms with Crippen LogP contribution in [-0.4, -0.2) is 66.8 Å². The predicted octanol–water partition coefficient (Wildman–Crippen LogP) is 1.96. The summed E-state index contributed by atoms with van der Waals surface area (Å²) in [4.78, 5) is 21.0. The van der Waals surface area contributed by atoms with E-state index in [2.05, 4.69) is 22.2 Å². The number of aryl methyl sites for hydroxylation is 1. The fourth-order valence-corrected chi connectivity index (χ4v) is 2.90. The highest BCUT2D eigenvalue weighted by molar-refractivity contribution is 5.89. The molecule has 0 bridgehead atoms. The average molecular weight is 318 g/mol. The molecular formula is C17H26N4O2. The van der Waals surface area contributed by atoms with Crippen molar-refractivity contribution < 1.29 is 9.53 Å². The number of anilines is 1. The summed E-state index contributed by atoms with van der Waals surface area (Å²) >= 11 is 0. The number of amides is 2. The quantitative estimate of drug-likeness (QED) is 0.902. The first-order valence-electron chi connectivity index (χ1n) is 8.39. The fourth-order valence-electron chi connectivity index (χ4n) is 2.90. The van der Waals surface area contributed by atoms with E-state index in [9.17, 15) is 4.79 Å². The first-order valence-corrected chi connectivity index (χ1v) is 8.39. The number of hydrogen-bond acceptors (Lipinski definition) is 4. The van der Waals surface area contributed by atoms with Crippen LogP contribution in [0.25, 0.3) is 0 Å². The minimum atomic E-state index is -0.0423. The van der Waals surface area contributed by atoms with Crippen LogP contribution < -0.4 is 5.32 Å². The fraction of sp³-hybridized carbons (Fsp3) is 0.647. The minimum absolute atomic E-state index is 0.0423. The van der Waals surface area contributed by atoms with Crippen LogP contribution in [0.5, 0.6) is 0 Å². The summed E-state index contributed by atoms with van der Waals surface area (Å²) in [5.41, 5.74) is 1.69. The third-order valence-corrected chi connectivity index (χ3v) is 4.38. The second-order valence-corrected chi connectivity index (χ2v) is 6.72. The van der Waals surface area contributed by atoms with E-state index in [0.717, 1.165) is 37.6 Å². The van der Waals surface area contributed by atoms with Gasteiger partial charge < -0.3 is 19.9 Å². The lowest BCUT2D eigenvalue weighted by Gasteiger charge is -2.34. The first kappa shape index (κ1) is 16.2. The standard InChI is InChI=1S/C17H26N4O2/c1-13-9-15(5-6-18-13)19-17(22)21(10-14-3-4-14)12-16-11-20(2)7-8-23-16/h5-6,9,14,16H,3-4,7-8,10-12H2,1-2H3,(H,18,19,22)/t16-/m1/s1. The Balaban J connectivity index is 1.61. The molecule has 2 aliphatic rings. The Hall–Kier alpha value is -1.66. The molecule has 0 aromatic carbocycles. The number of likely N-dealkylation sites (N-methyl/N-ethyl adjacent to an activating group) is 1. The number of hydrogen-bond donors (Lipinski definition) is 1. The molecule has 0 unspecified atom stereocenters. The summed E-state index contributed by atoms with van der Waals surface area (Å²) in [5.74, 6) is 0.654. The van der Waals surface area contributed by atoms with E-state index >= 15 is 0 Å². The van der Waals surface area contributed by atoms with E-state index in [4.69, 9.17) is 4.74 Å². The monoisotopic (exact) mass is 318 g/mol. The molecule has 1 atom stereocenters. The van der Waals surface area contributed by atoms with E-state index in [1.807, 2.05) is 24.0 Å². The van der Waals surface area contributed by atoms with Crippen LogP contribution in [-0.2, 0) is 4.74 Å². The molecule has 6 heteroatoms. The molecule has 1 saturated carbocycles. The summed E-state index contributed by atoms with van der Waals surface area (Å²) < 4.78 is 5.83. The molecule has 6 nitrogen and oxygen atoms in total. The molecule has 1 aromatic heterocycles. The van der Waals surface area contributed by atoms with Gasteiger partial charge in [-0.1, -0.05) is 0 Å². The minimum Gasteiger partial charge on any atom is -0.374 e. The van der Waals surface area contributed by atoms with Crippen molar-refractivity contribution in [1.82, 2.24) is 14.8 Å². The van der Waals surface area contributed by atoms with Crippen LogP contribution >= 0.6 is 0 Å². The zero-order valence-corrected chi connectivity index (χ0v) is 14.0. The first-order chi connectivity index (χ1) is 11.1. The number of ether oxygens (including phenoxy) is 1. The Kier molecular flexibility index (Phi) is 5.13.